The summed E-state index contributed by atoms with van der Waals surface area (Å²) in [5, 5.41) is 5.10. The number of para-hydroxylation sites is 2. The summed E-state index contributed by atoms with van der Waals surface area (Å²) >= 11 is 1.53. The predicted octanol–water partition coefficient (Wildman–Crippen LogP) is 5.35. The Morgan fingerprint density at radius 1 is 1.00 bits per heavy atom. The molecule has 6 heteroatoms. The lowest BCUT2D eigenvalue weighted by Gasteiger charge is -2.28. The molecule has 0 bridgehead atoms. The first-order chi connectivity index (χ1) is 14.8. The number of carbonyl (C=O) groups excluding carboxylic acids is 1. The van der Waals surface area contributed by atoms with Crippen molar-refractivity contribution < 1.29 is 14.3 Å². The Kier molecular flexibility index (Phi) is 4.91. The molecule has 1 aliphatic rings. The second kappa shape index (κ2) is 8.00. The lowest BCUT2D eigenvalue weighted by Crippen LogP contribution is -2.31. The van der Waals surface area contributed by atoms with E-state index in [4.69, 9.17) is 9.47 Å². The highest BCUT2D eigenvalue weighted by Gasteiger charge is 2.28. The molecule has 0 saturated carbocycles. The number of hydrogen-bond donors (Lipinski definition) is 1. The maximum atomic E-state index is 13.1. The van der Waals surface area contributed by atoms with Crippen LogP contribution >= 0.6 is 11.3 Å². The molecule has 0 fully saturated rings. The van der Waals surface area contributed by atoms with Crippen molar-refractivity contribution in [3.8, 4) is 17.2 Å². The molecule has 148 valence electrons. The van der Waals surface area contributed by atoms with Crippen molar-refractivity contribution in [1.82, 2.24) is 10.3 Å². The maximum Gasteiger partial charge on any atom is 0.252 e. The van der Waals surface area contributed by atoms with Crippen LogP contribution in [0.15, 0.2) is 83.7 Å². The van der Waals surface area contributed by atoms with Crippen LogP contribution in [0.5, 0.6) is 17.2 Å². The van der Waals surface area contributed by atoms with Crippen molar-refractivity contribution in [2.24, 2.45) is 0 Å². The van der Waals surface area contributed by atoms with Crippen molar-refractivity contribution in [2.45, 2.75) is 12.6 Å². The Labute approximate surface area is 177 Å². The first-order valence-electron chi connectivity index (χ1n) is 9.54. The van der Waals surface area contributed by atoms with Gasteiger partial charge in [-0.25, -0.2) is 4.98 Å². The molecule has 3 aromatic carbocycles. The number of nitrogens with one attached hydrogen (secondary N) is 1. The first-order valence-corrected chi connectivity index (χ1v) is 10.5. The van der Waals surface area contributed by atoms with Crippen LogP contribution in [0.25, 0.3) is 0 Å². The number of thiazole rings is 1. The Bertz CT molecular complexity index is 1150. The van der Waals surface area contributed by atoms with Crippen molar-refractivity contribution in [2.75, 3.05) is 0 Å². The van der Waals surface area contributed by atoms with E-state index >= 15 is 0 Å². The molecule has 1 amide bonds. The zero-order chi connectivity index (χ0) is 20.3. The predicted molar refractivity (Wildman–Crippen MR) is 115 cm³/mol. The summed E-state index contributed by atoms with van der Waals surface area (Å²) in [6.07, 6.45) is 0. The fourth-order valence-electron chi connectivity index (χ4n) is 3.47. The minimum Gasteiger partial charge on any atom is -0.487 e. The van der Waals surface area contributed by atoms with E-state index in [-0.39, 0.29) is 11.9 Å². The van der Waals surface area contributed by atoms with Gasteiger partial charge < -0.3 is 14.8 Å². The molecule has 0 unspecified atom stereocenters. The number of aromatic nitrogens is 1. The Hall–Kier alpha value is -3.64. The smallest absolute Gasteiger partial charge is 0.252 e. The van der Waals surface area contributed by atoms with E-state index in [1.54, 1.807) is 17.6 Å². The summed E-state index contributed by atoms with van der Waals surface area (Å²) in [6, 6.07) is 22.4. The molecule has 2 heterocycles. The molecule has 5 rings (SSSR count). The van der Waals surface area contributed by atoms with Crippen LogP contribution in [-0.4, -0.2) is 10.9 Å². The molecule has 0 aliphatic carbocycles. The number of carbonyl (C=O) groups is 1. The summed E-state index contributed by atoms with van der Waals surface area (Å²) in [6.45, 7) is 0.370. The van der Waals surface area contributed by atoms with Gasteiger partial charge in [0.2, 0.25) is 0 Å². The van der Waals surface area contributed by atoms with E-state index in [1.807, 2.05) is 66.0 Å². The fraction of sp³-hybridized carbons (Fsp3) is 0.0833. The van der Waals surface area contributed by atoms with Gasteiger partial charge >= 0.3 is 0 Å². The SMILES string of the molecule is O=C(NC1c2ccccc2Oc2ccccc21)c1cccc(OCc2cscn2)c1. The Balaban J connectivity index is 1.39. The van der Waals surface area contributed by atoms with E-state index in [0.717, 1.165) is 28.3 Å². The molecule has 0 atom stereocenters. The zero-order valence-corrected chi connectivity index (χ0v) is 16.8. The summed E-state index contributed by atoms with van der Waals surface area (Å²) in [5.74, 6) is 1.96. The number of rotatable bonds is 5. The molecule has 1 aliphatic heterocycles. The monoisotopic (exact) mass is 414 g/mol. The normalized spacial score (nSPS) is 12.4. The van der Waals surface area contributed by atoms with Gasteiger partial charge in [0, 0.05) is 22.1 Å². The van der Waals surface area contributed by atoms with E-state index in [9.17, 15) is 4.79 Å². The highest BCUT2D eigenvalue weighted by Crippen LogP contribution is 2.42. The number of hydrogen-bond acceptors (Lipinski definition) is 5. The molecule has 4 aromatic rings. The molecule has 30 heavy (non-hydrogen) atoms. The third-order valence-corrected chi connectivity index (χ3v) is 5.56. The van der Waals surface area contributed by atoms with Crippen molar-refractivity contribution >= 4 is 17.2 Å². The number of nitrogens with zero attached hydrogens (tertiary/aromatic N) is 1. The van der Waals surface area contributed by atoms with E-state index < -0.39 is 0 Å². The van der Waals surface area contributed by atoms with Crippen LogP contribution < -0.4 is 14.8 Å². The lowest BCUT2D eigenvalue weighted by atomic mass is 9.94. The average Bonchev–Trinajstić information content (AvgIpc) is 3.31. The minimum atomic E-state index is -0.293. The Morgan fingerprint density at radius 3 is 2.43 bits per heavy atom. The van der Waals surface area contributed by atoms with E-state index in [2.05, 4.69) is 10.3 Å². The van der Waals surface area contributed by atoms with Crippen molar-refractivity contribution in [1.29, 1.82) is 0 Å². The highest BCUT2D eigenvalue weighted by molar-refractivity contribution is 7.07. The molecule has 0 saturated heterocycles. The van der Waals surface area contributed by atoms with Gasteiger partial charge in [0.15, 0.2) is 0 Å². The summed E-state index contributed by atoms with van der Waals surface area (Å²) in [7, 11) is 0. The lowest BCUT2D eigenvalue weighted by molar-refractivity contribution is 0.0941. The van der Waals surface area contributed by atoms with Crippen molar-refractivity contribution in [3.05, 3.63) is 106 Å². The summed E-state index contributed by atoms with van der Waals surface area (Å²) < 4.78 is 11.8. The molecule has 0 spiro atoms. The van der Waals surface area contributed by atoms with Gasteiger partial charge in [0.05, 0.1) is 17.2 Å². The number of ether oxygens (including phenoxy) is 2. The largest absolute Gasteiger partial charge is 0.487 e. The van der Waals surface area contributed by atoms with Gasteiger partial charge in [-0.3, -0.25) is 4.79 Å². The fourth-order valence-corrected chi connectivity index (χ4v) is 4.02. The van der Waals surface area contributed by atoms with Gasteiger partial charge in [0.1, 0.15) is 23.9 Å². The number of amides is 1. The molecular weight excluding hydrogens is 396 g/mol. The van der Waals surface area contributed by atoms with Gasteiger partial charge in [-0.15, -0.1) is 11.3 Å². The van der Waals surface area contributed by atoms with Crippen LogP contribution in [-0.2, 0) is 6.61 Å². The molecule has 1 N–H and O–H groups in total. The summed E-state index contributed by atoms with van der Waals surface area (Å²) in [4.78, 5) is 17.3. The Morgan fingerprint density at radius 2 is 1.73 bits per heavy atom. The molecule has 5 nitrogen and oxygen atoms in total. The second-order valence-corrected chi connectivity index (χ2v) is 7.60. The van der Waals surface area contributed by atoms with Crippen molar-refractivity contribution in [3.63, 3.8) is 0 Å². The van der Waals surface area contributed by atoms with Crippen LogP contribution in [0.1, 0.15) is 33.2 Å². The number of benzene rings is 3. The molecular formula is C24H18N2O3S. The van der Waals surface area contributed by atoms with E-state index in [1.165, 1.54) is 11.3 Å². The first kappa shape index (κ1) is 18.4. The molecule has 1 aromatic heterocycles. The number of fused-ring (bicyclic) bond motifs is 2. The standard InChI is InChI=1S/C24H18N2O3S/c27-24(16-6-5-7-18(12-16)28-13-17-14-30-15-25-17)26-23-19-8-1-3-10-21(19)29-22-11-4-2-9-20(22)23/h1-12,14-15,23H,13H2,(H,26,27). The van der Waals surface area contributed by atoms with Crippen LogP contribution in [0, 0.1) is 0 Å². The molecule has 0 radical (unpaired) electrons. The highest BCUT2D eigenvalue weighted by atomic mass is 32.1. The average molecular weight is 414 g/mol. The van der Waals surface area contributed by atoms with Gasteiger partial charge in [-0.05, 0) is 30.3 Å². The van der Waals surface area contributed by atoms with Gasteiger partial charge in [0.25, 0.3) is 5.91 Å². The van der Waals surface area contributed by atoms with Gasteiger partial charge in [-0.2, -0.15) is 0 Å². The second-order valence-electron chi connectivity index (χ2n) is 6.88. The third kappa shape index (κ3) is 3.65. The third-order valence-electron chi connectivity index (χ3n) is 4.92. The van der Waals surface area contributed by atoms with Crippen LogP contribution in [0.3, 0.4) is 0 Å². The maximum absolute atomic E-state index is 13.1. The van der Waals surface area contributed by atoms with Gasteiger partial charge in [-0.1, -0.05) is 42.5 Å². The quantitative estimate of drug-likeness (QED) is 0.478. The van der Waals surface area contributed by atoms with Crippen LogP contribution in [0.2, 0.25) is 0 Å². The topological polar surface area (TPSA) is 60.5 Å². The summed E-state index contributed by atoms with van der Waals surface area (Å²) in [5.41, 5.74) is 5.03. The van der Waals surface area contributed by atoms with Crippen LogP contribution in [0.4, 0.5) is 0 Å². The minimum absolute atomic E-state index is 0.175. The zero-order valence-electron chi connectivity index (χ0n) is 15.9. The van der Waals surface area contributed by atoms with E-state index in [0.29, 0.717) is 17.9 Å².